The second kappa shape index (κ2) is 10.2. The van der Waals surface area contributed by atoms with Crippen molar-refractivity contribution in [3.8, 4) is 0 Å². The average molecular weight is 511 g/mol. The highest BCUT2D eigenvalue weighted by molar-refractivity contribution is 7.92. The van der Waals surface area contributed by atoms with Gasteiger partial charge in [0.15, 0.2) is 0 Å². The normalized spacial score (nSPS) is 14.9. The third-order valence-electron chi connectivity index (χ3n) is 6.78. The summed E-state index contributed by atoms with van der Waals surface area (Å²) in [5.41, 5.74) is 5.18. The van der Waals surface area contributed by atoms with Crippen LogP contribution in [0.1, 0.15) is 39.5 Å². The Morgan fingerprint density at radius 1 is 0.838 bits per heavy atom. The number of nitrogens with zero attached hydrogens (tertiary/aromatic N) is 2. The Kier molecular flexibility index (Phi) is 6.85. The lowest BCUT2D eigenvalue weighted by Gasteiger charge is -2.25. The zero-order chi connectivity index (χ0) is 26.0. The van der Waals surface area contributed by atoms with Crippen LogP contribution in [0.25, 0.3) is 0 Å². The molecule has 1 heterocycles. The van der Waals surface area contributed by atoms with Gasteiger partial charge in [0.25, 0.3) is 15.9 Å². The summed E-state index contributed by atoms with van der Waals surface area (Å²) in [5.74, 6) is -0.0806. The Morgan fingerprint density at radius 2 is 1.41 bits per heavy atom. The Hall–Kier alpha value is -3.90. The summed E-state index contributed by atoms with van der Waals surface area (Å²) in [7, 11) is -3.71. The second-order valence-electron chi connectivity index (χ2n) is 9.64. The van der Waals surface area contributed by atoms with Crippen molar-refractivity contribution in [2.45, 2.75) is 44.3 Å². The fourth-order valence-electron chi connectivity index (χ4n) is 4.92. The predicted octanol–water partition coefficient (Wildman–Crippen LogP) is 5.98. The minimum Gasteiger partial charge on any atom is -0.330 e. The Labute approximate surface area is 219 Å². The first-order chi connectivity index (χ1) is 17.8. The molecule has 0 aromatic heterocycles. The smallest absolute Gasteiger partial charge is 0.264 e. The molecule has 0 saturated carbocycles. The Balaban J connectivity index is 1.45. The summed E-state index contributed by atoms with van der Waals surface area (Å²) in [4.78, 5) is 15.9. The summed E-state index contributed by atoms with van der Waals surface area (Å²) in [5, 5.41) is 0. The molecule has 0 radical (unpaired) electrons. The zero-order valence-electron chi connectivity index (χ0n) is 21.0. The van der Waals surface area contributed by atoms with Crippen LogP contribution in [0.3, 0.4) is 0 Å². The minimum atomic E-state index is -3.71. The van der Waals surface area contributed by atoms with E-state index in [9.17, 15) is 13.2 Å². The number of carbonyl (C=O) groups excluding carboxylic acids is 1. The van der Waals surface area contributed by atoms with Gasteiger partial charge >= 0.3 is 0 Å². The first kappa shape index (κ1) is 24.8. The van der Waals surface area contributed by atoms with Gasteiger partial charge in [0.05, 0.1) is 10.6 Å². The molecule has 0 saturated heterocycles. The molecular formula is C31H30N2O3S. The molecule has 188 valence electrons. The standard InChI is InChI=1S/C31H30N2O3S/c1-23-13-16-29(17-14-23)37(35,36)33-24(2)19-28-20-27(15-18-30(28)33)31(34)32(21-25-9-5-3-6-10-25)22-26-11-7-4-8-12-26/h3-18,20,24H,19,21-22H2,1-2H3/t24-/m0/s1. The second-order valence-corrected chi connectivity index (χ2v) is 11.5. The molecule has 0 bridgehead atoms. The van der Waals surface area contributed by atoms with Crippen LogP contribution in [-0.2, 0) is 29.5 Å². The summed E-state index contributed by atoms with van der Waals surface area (Å²) >= 11 is 0. The number of rotatable bonds is 7. The Morgan fingerprint density at radius 3 is 1.97 bits per heavy atom. The van der Waals surface area contributed by atoms with Crippen LogP contribution in [0, 0.1) is 6.92 Å². The number of hydrogen-bond donors (Lipinski definition) is 0. The van der Waals surface area contributed by atoms with Crippen molar-refractivity contribution in [2.24, 2.45) is 0 Å². The first-order valence-electron chi connectivity index (χ1n) is 12.4. The molecule has 6 heteroatoms. The molecule has 0 aliphatic carbocycles. The van der Waals surface area contributed by atoms with E-state index >= 15 is 0 Å². The maximum Gasteiger partial charge on any atom is 0.264 e. The molecule has 0 N–H and O–H groups in total. The third-order valence-corrected chi connectivity index (χ3v) is 8.72. The molecule has 5 nitrogen and oxygen atoms in total. The quantitative estimate of drug-likeness (QED) is 0.307. The van der Waals surface area contributed by atoms with Crippen LogP contribution < -0.4 is 4.31 Å². The van der Waals surface area contributed by atoms with Crippen LogP contribution in [0.5, 0.6) is 0 Å². The fraction of sp³-hybridized carbons (Fsp3) is 0.194. The van der Waals surface area contributed by atoms with Gasteiger partial charge in [-0.3, -0.25) is 9.10 Å². The number of aryl methyl sites for hydroxylation is 1. The molecular weight excluding hydrogens is 480 g/mol. The lowest BCUT2D eigenvalue weighted by molar-refractivity contribution is 0.0730. The summed E-state index contributed by atoms with van der Waals surface area (Å²) in [6.45, 7) is 4.80. The molecule has 4 aromatic rings. The zero-order valence-corrected chi connectivity index (χ0v) is 21.9. The van der Waals surface area contributed by atoms with Gasteiger partial charge in [0.2, 0.25) is 0 Å². The summed E-state index contributed by atoms with van der Waals surface area (Å²) in [6.07, 6.45) is 0.554. The molecule has 0 unspecified atom stereocenters. The third kappa shape index (κ3) is 5.16. The van der Waals surface area contributed by atoms with Crippen LogP contribution in [0.2, 0.25) is 0 Å². The number of fused-ring (bicyclic) bond motifs is 1. The molecule has 0 fully saturated rings. The molecule has 4 aromatic carbocycles. The van der Waals surface area contributed by atoms with E-state index in [0.29, 0.717) is 30.8 Å². The van der Waals surface area contributed by atoms with Crippen LogP contribution in [0.4, 0.5) is 5.69 Å². The van der Waals surface area contributed by atoms with Gasteiger partial charge in [-0.1, -0.05) is 78.4 Å². The van der Waals surface area contributed by atoms with E-state index in [1.54, 1.807) is 24.3 Å². The van der Waals surface area contributed by atoms with Crippen LogP contribution in [0.15, 0.2) is 108 Å². The highest BCUT2D eigenvalue weighted by atomic mass is 32.2. The summed E-state index contributed by atoms with van der Waals surface area (Å²) in [6, 6.07) is 32.0. The van der Waals surface area contributed by atoms with E-state index in [4.69, 9.17) is 0 Å². The van der Waals surface area contributed by atoms with Gasteiger partial charge in [-0.2, -0.15) is 0 Å². The van der Waals surface area contributed by atoms with Crippen LogP contribution in [-0.4, -0.2) is 25.3 Å². The van der Waals surface area contributed by atoms with E-state index in [0.717, 1.165) is 22.3 Å². The van der Waals surface area contributed by atoms with E-state index in [1.165, 1.54) is 4.31 Å². The fourth-order valence-corrected chi connectivity index (χ4v) is 6.61. The molecule has 37 heavy (non-hydrogen) atoms. The van der Waals surface area contributed by atoms with Gasteiger partial charge in [0.1, 0.15) is 0 Å². The number of hydrogen-bond acceptors (Lipinski definition) is 3. The van der Waals surface area contributed by atoms with Crippen molar-refractivity contribution in [3.05, 3.63) is 131 Å². The highest BCUT2D eigenvalue weighted by Crippen LogP contribution is 2.37. The van der Waals surface area contributed by atoms with E-state index < -0.39 is 10.0 Å². The molecule has 5 rings (SSSR count). The molecule has 1 amide bonds. The van der Waals surface area contributed by atoms with Crippen molar-refractivity contribution in [1.82, 2.24) is 4.90 Å². The highest BCUT2D eigenvalue weighted by Gasteiger charge is 2.36. The lowest BCUT2D eigenvalue weighted by Crippen LogP contribution is -2.35. The SMILES string of the molecule is Cc1ccc(S(=O)(=O)N2c3ccc(C(=O)N(Cc4ccccc4)Cc4ccccc4)cc3C[C@@H]2C)cc1. The first-order valence-corrected chi connectivity index (χ1v) is 13.9. The topological polar surface area (TPSA) is 57.7 Å². The maximum atomic E-state index is 13.8. The maximum absolute atomic E-state index is 13.8. The molecule has 1 aliphatic heterocycles. The summed E-state index contributed by atoms with van der Waals surface area (Å²) < 4.78 is 28.5. The number of amides is 1. The number of anilines is 1. The number of carbonyl (C=O) groups is 1. The van der Waals surface area contributed by atoms with E-state index in [2.05, 4.69) is 0 Å². The average Bonchev–Trinajstić information content (AvgIpc) is 3.25. The minimum absolute atomic E-state index is 0.0806. The number of sulfonamides is 1. The predicted molar refractivity (Wildman–Crippen MR) is 147 cm³/mol. The van der Waals surface area contributed by atoms with E-state index in [-0.39, 0.29) is 16.8 Å². The van der Waals surface area contributed by atoms with Gasteiger partial charge in [-0.25, -0.2) is 8.42 Å². The van der Waals surface area contributed by atoms with Gasteiger partial charge < -0.3 is 4.90 Å². The molecule has 0 spiro atoms. The van der Waals surface area contributed by atoms with Crippen molar-refractivity contribution < 1.29 is 13.2 Å². The molecule has 1 aliphatic rings. The van der Waals surface area contributed by atoms with E-state index in [1.807, 2.05) is 97.6 Å². The van der Waals surface area contributed by atoms with Gasteiger partial charge in [0, 0.05) is 24.7 Å². The largest absolute Gasteiger partial charge is 0.330 e. The van der Waals surface area contributed by atoms with Crippen molar-refractivity contribution in [3.63, 3.8) is 0 Å². The molecule has 1 atom stereocenters. The number of benzene rings is 4. The van der Waals surface area contributed by atoms with Gasteiger partial charge in [-0.15, -0.1) is 0 Å². The van der Waals surface area contributed by atoms with Crippen molar-refractivity contribution in [1.29, 1.82) is 0 Å². The van der Waals surface area contributed by atoms with Crippen molar-refractivity contribution in [2.75, 3.05) is 4.31 Å². The Bertz CT molecular complexity index is 1460. The van der Waals surface area contributed by atoms with Crippen LogP contribution >= 0.6 is 0 Å². The van der Waals surface area contributed by atoms with Gasteiger partial charge in [-0.05, 0) is 67.3 Å². The van der Waals surface area contributed by atoms with Crippen molar-refractivity contribution >= 4 is 21.6 Å². The monoisotopic (exact) mass is 510 g/mol. The lowest BCUT2D eigenvalue weighted by atomic mass is 10.1.